The zero-order valence-electron chi connectivity index (χ0n) is 106. The quantitative estimate of drug-likeness (QED) is 0.187. The molecule has 140 heavy (non-hydrogen) atoms. The highest BCUT2D eigenvalue weighted by atomic mass is 19.1. The summed E-state index contributed by atoms with van der Waals surface area (Å²) in [5.41, 5.74) is 13.5. The number of unbranched alkanes of at least 4 members (excludes halogenated alkanes) is 2. The van der Waals surface area contributed by atoms with Gasteiger partial charge < -0.3 is 0 Å². The molecule has 0 bridgehead atoms. The molecule has 3 aromatic rings. The second-order valence-electron chi connectivity index (χ2n) is 63.7. The van der Waals surface area contributed by atoms with E-state index in [4.69, 9.17) is 0 Å². The van der Waals surface area contributed by atoms with Crippen LogP contribution in [0.4, 0.5) is 4.39 Å². The van der Waals surface area contributed by atoms with Crippen LogP contribution in [0, 0.1) is 166 Å². The number of halogens is 1. The maximum Gasteiger partial charge on any atom is 0.126 e. The van der Waals surface area contributed by atoms with Gasteiger partial charge in [0.05, 0.1) is 0 Å². The minimum atomic E-state index is -0.0956. The third kappa shape index (κ3) is 96.4. The van der Waals surface area contributed by atoms with Crippen LogP contribution in [0.3, 0.4) is 0 Å². The van der Waals surface area contributed by atoms with Gasteiger partial charge in [0.15, 0.2) is 0 Å². The Morgan fingerprint density at radius 2 is 0.543 bits per heavy atom. The van der Waals surface area contributed by atoms with Crippen molar-refractivity contribution in [1.29, 1.82) is 0 Å². The smallest absolute Gasteiger partial charge is 0.126 e. The lowest BCUT2D eigenvalue weighted by atomic mass is 9.64. The first-order chi connectivity index (χ1) is 61.9. The molecule has 6 aliphatic rings. The molecule has 0 aromatic heterocycles. The minimum Gasteiger partial charge on any atom is -0.207 e. The van der Waals surface area contributed by atoms with Gasteiger partial charge in [-0.2, -0.15) is 0 Å². The van der Waals surface area contributed by atoms with Crippen LogP contribution in [0.15, 0.2) is 72.8 Å². The molecule has 0 N–H and O–H groups in total. The summed E-state index contributed by atoms with van der Waals surface area (Å²) in [5.74, 6) is 10.4. The van der Waals surface area contributed by atoms with Crippen LogP contribution >= 0.6 is 0 Å². The van der Waals surface area contributed by atoms with E-state index in [1.807, 2.05) is 12.1 Å². The Balaban J connectivity index is -0.000000273. The highest BCUT2D eigenvalue weighted by Gasteiger charge is 2.35. The van der Waals surface area contributed by atoms with Crippen LogP contribution in [-0.2, 0) is 19.3 Å². The Morgan fingerprint density at radius 1 is 0.286 bits per heavy atom. The Bertz CT molecular complexity index is 3220. The molecule has 0 atom stereocenters. The van der Waals surface area contributed by atoms with Crippen LogP contribution < -0.4 is 0 Å². The number of benzene rings is 3. The van der Waals surface area contributed by atoms with E-state index in [1.165, 1.54) is 235 Å². The van der Waals surface area contributed by atoms with E-state index in [1.54, 1.807) is 13.0 Å². The summed E-state index contributed by atoms with van der Waals surface area (Å²) in [5, 5.41) is 0. The van der Waals surface area contributed by atoms with Crippen molar-refractivity contribution >= 4 is 0 Å². The fourth-order valence-corrected chi connectivity index (χ4v) is 19.1. The van der Waals surface area contributed by atoms with Crippen LogP contribution in [0.1, 0.15) is 635 Å². The van der Waals surface area contributed by atoms with Crippen LogP contribution in [-0.4, -0.2) is 0 Å². The molecule has 0 saturated heterocycles. The van der Waals surface area contributed by atoms with Gasteiger partial charge in [0.2, 0.25) is 0 Å². The van der Waals surface area contributed by atoms with Crippen molar-refractivity contribution in [3.63, 3.8) is 0 Å². The predicted octanol–water partition coefficient (Wildman–Crippen LogP) is 49.6. The van der Waals surface area contributed by atoms with Crippen molar-refractivity contribution in [2.45, 2.75) is 640 Å². The third-order valence-corrected chi connectivity index (χ3v) is 30.3. The zero-order valence-corrected chi connectivity index (χ0v) is 106. The highest BCUT2D eigenvalue weighted by molar-refractivity contribution is 5.24. The molecule has 0 nitrogen and oxygen atoms in total. The average molecular weight is 1960 g/mol. The Hall–Kier alpha value is -2.41. The summed E-state index contributed by atoms with van der Waals surface area (Å²) < 4.78 is 13.2. The van der Waals surface area contributed by atoms with Gasteiger partial charge in [0.25, 0.3) is 0 Å². The number of rotatable bonds is 9. The topological polar surface area (TPSA) is 0 Å². The molecule has 0 amide bonds. The molecular formula is C139H273F. The van der Waals surface area contributed by atoms with Crippen molar-refractivity contribution in [3.8, 4) is 0 Å². The second-order valence-corrected chi connectivity index (χ2v) is 63.7. The van der Waals surface area contributed by atoms with Gasteiger partial charge in [-0.15, -0.1) is 0 Å². The number of hydrogen-bond donors (Lipinski definition) is 0. The molecule has 0 heterocycles. The third-order valence-electron chi connectivity index (χ3n) is 30.3. The lowest BCUT2D eigenvalue weighted by Gasteiger charge is -2.41. The summed E-state index contributed by atoms with van der Waals surface area (Å²) in [6.45, 7) is 128. The van der Waals surface area contributed by atoms with Crippen molar-refractivity contribution in [1.82, 2.24) is 0 Å². The summed E-state index contributed by atoms with van der Waals surface area (Å²) in [6.07, 6.45) is 52.6. The van der Waals surface area contributed by atoms with Crippen LogP contribution in [0.25, 0.3) is 0 Å². The van der Waals surface area contributed by atoms with Crippen molar-refractivity contribution < 1.29 is 4.39 Å². The van der Waals surface area contributed by atoms with Gasteiger partial charge in [0.1, 0.15) is 5.82 Å². The lowest BCUT2D eigenvalue weighted by Crippen LogP contribution is -2.30. The highest BCUT2D eigenvalue weighted by Crippen LogP contribution is 2.47. The van der Waals surface area contributed by atoms with Crippen molar-refractivity contribution in [3.05, 3.63) is 106 Å². The molecule has 0 radical (unpaired) electrons. The standard InChI is InChI=1S/C14H28.C12H17F.C12H18.2C11H22.C11H16.2C10H20.C9H18.C9H20.C8H18.2C7H16.C6H14.2CH4/c1-13(2,3)11-7-9-12(10-8-11)14(4,5)6;1-9-5-6-10(7-11(9)13)8-12(2,3)4;1-10-5-7-11(8-6-10)9-12(2,3)4;1-9-5-7-10(8-6-9)11(2,3)4;2*1-11(2,3)9-10-7-5-4-6-8-10;1-10(2,3)8-9-6-4-5-7-9;1-10(2,3)9-7-5-4-6-8-9;1-9(2,3)8-6-4-5-7-8;1-5-6-7-8-9(2,3)4;1-7(2)6-8(3,4)5;2*1-6(2)7(3,4)5;1-5-6(2,3)4;;/h11-12H,7-10H2,1-6H3;5-7H,8H2,1-4H3;5-8H,9H2,1-4H3;9-10H,5-8H2,1-4H3;10H,4-9H2,1-3H3;4-8H,9H2,1-3H3;2*9H,4-8H2,1-3H3;8H,4-7H2,1-3H3;5-8H2,1-4H3;7H,6H2,1-5H3;2*6H,1-5H3;5H2,1-4H3;2*1H4. The Kier molecular flexibility index (Phi) is 76.7. The molecule has 836 valence electrons. The van der Waals surface area contributed by atoms with Gasteiger partial charge in [-0.3, -0.25) is 0 Å². The predicted molar refractivity (Wildman–Crippen MR) is 652 cm³/mol. The first-order valence-electron chi connectivity index (χ1n) is 58.8. The van der Waals surface area contributed by atoms with Gasteiger partial charge in [-0.25, -0.2) is 4.39 Å². The van der Waals surface area contributed by atoms with Gasteiger partial charge in [-0.05, 0) is 298 Å². The van der Waals surface area contributed by atoms with Crippen LogP contribution in [0.2, 0.25) is 0 Å². The van der Waals surface area contributed by atoms with E-state index in [0.717, 1.165) is 95.5 Å². The normalized spacial score (nSPS) is 18.4. The molecule has 6 saturated carbocycles. The molecule has 0 spiro atoms. The Morgan fingerprint density at radius 3 is 0.771 bits per heavy atom. The summed E-state index contributed by atoms with van der Waals surface area (Å²) in [6, 6.07) is 24.9. The zero-order chi connectivity index (χ0) is 109. The largest absolute Gasteiger partial charge is 0.207 e. The SMILES string of the molecule is C.C.CC(C)(C)C1CCC(C(C)(C)C)CC1.CC(C)(C)C1CCCC1.CC(C)(C)C1CCCCC1.CC(C)(C)CC1CCCC1.CC(C)(C)CC1CCCCC1.CC(C)(C)Cc1ccccc1.CC(C)C(C)(C)C.CC(C)C(C)(C)C.CC(C)CC(C)(C)C.CC1CCC(C(C)(C)C)CC1.CCC(C)(C)C.CCCCCC(C)(C)C.Cc1ccc(CC(C)(C)C)cc1.Cc1ccc(CC(C)(C)C)cc1F. The molecular weight excluding hydrogens is 1690 g/mol. The maximum atomic E-state index is 13.2. The number of aryl methyl sites for hydroxylation is 2. The molecule has 0 aliphatic heterocycles. The monoisotopic (exact) mass is 1960 g/mol. The molecule has 6 fully saturated rings. The van der Waals surface area contributed by atoms with Crippen molar-refractivity contribution in [2.75, 3.05) is 0 Å². The van der Waals surface area contributed by atoms with E-state index in [0.29, 0.717) is 75.8 Å². The fourth-order valence-electron chi connectivity index (χ4n) is 19.1. The second kappa shape index (κ2) is 71.4. The average Bonchev–Trinajstić information content (AvgIpc) is 0.894. The molecule has 1 heteroatoms. The van der Waals surface area contributed by atoms with E-state index in [9.17, 15) is 4.39 Å². The maximum absolute atomic E-state index is 13.2. The summed E-state index contributed by atoms with van der Waals surface area (Å²) >= 11 is 0. The van der Waals surface area contributed by atoms with E-state index in [-0.39, 0.29) is 26.1 Å². The van der Waals surface area contributed by atoms with E-state index in [2.05, 4.69) is 435 Å². The first-order valence-corrected chi connectivity index (χ1v) is 58.8. The van der Waals surface area contributed by atoms with Crippen molar-refractivity contribution in [2.24, 2.45) is 146 Å². The molecule has 6 aliphatic carbocycles. The molecule has 0 unspecified atom stereocenters. The van der Waals surface area contributed by atoms with Gasteiger partial charge >= 0.3 is 0 Å². The summed E-state index contributed by atoms with van der Waals surface area (Å²) in [7, 11) is 0. The van der Waals surface area contributed by atoms with E-state index >= 15 is 0 Å². The Labute approximate surface area is 891 Å². The minimum absolute atomic E-state index is 0. The summed E-state index contributed by atoms with van der Waals surface area (Å²) in [4.78, 5) is 0. The van der Waals surface area contributed by atoms with Crippen LogP contribution in [0.5, 0.6) is 0 Å². The van der Waals surface area contributed by atoms with Gasteiger partial charge in [-0.1, -0.05) is 589 Å². The molecule has 3 aromatic carbocycles. The first kappa shape index (κ1) is 151. The fraction of sp³-hybridized carbons (Fsp3) is 0.871. The molecule has 9 rings (SSSR count). The number of hydrogen-bond acceptors (Lipinski definition) is 0. The van der Waals surface area contributed by atoms with Gasteiger partial charge in [0, 0.05) is 0 Å². The van der Waals surface area contributed by atoms with E-state index < -0.39 is 0 Å². The lowest BCUT2D eigenvalue weighted by molar-refractivity contribution is 0.0970.